The molecule has 0 radical (unpaired) electrons. The van der Waals surface area contributed by atoms with Crippen molar-refractivity contribution >= 4 is 11.9 Å². The van der Waals surface area contributed by atoms with E-state index in [1.54, 1.807) is 24.3 Å². The Bertz CT molecular complexity index is 553. The molecule has 1 aromatic carbocycles. The summed E-state index contributed by atoms with van der Waals surface area (Å²) in [7, 11) is 0. The zero-order valence-electron chi connectivity index (χ0n) is 11.4. The molecule has 5 N–H and O–H groups in total. The number of carbonyl (C=O) groups excluding carboxylic acids is 1. The Balaban J connectivity index is 1.99. The largest absolute Gasteiger partial charge is 0.508 e. The second-order valence-corrected chi connectivity index (χ2v) is 5.16. The van der Waals surface area contributed by atoms with Crippen LogP contribution < -0.4 is 11.1 Å². The lowest BCUT2D eigenvalue weighted by Gasteiger charge is -2.17. The predicted molar refractivity (Wildman–Crippen MR) is 76.6 cm³/mol. The number of aliphatic carboxylic acids is 1. The second kappa shape index (κ2) is 6.41. The third kappa shape index (κ3) is 4.06. The molecule has 6 nitrogen and oxygen atoms in total. The van der Waals surface area contributed by atoms with Gasteiger partial charge in [0.25, 0.3) is 0 Å². The minimum Gasteiger partial charge on any atom is -0.508 e. The number of hydrogen-bond donors (Lipinski definition) is 4. The Hall–Kier alpha value is -2.34. The maximum absolute atomic E-state index is 12.0. The molecule has 2 rings (SSSR count). The lowest BCUT2D eigenvalue weighted by atomic mass is 10.0. The van der Waals surface area contributed by atoms with E-state index in [0.29, 0.717) is 6.42 Å². The van der Waals surface area contributed by atoms with Crippen LogP contribution >= 0.6 is 0 Å². The lowest BCUT2D eigenvalue weighted by Crippen LogP contribution is -2.44. The first kappa shape index (κ1) is 15.1. The number of hydrogen-bond acceptors (Lipinski definition) is 4. The molecule has 0 heterocycles. The molecule has 21 heavy (non-hydrogen) atoms. The maximum atomic E-state index is 12.0. The van der Waals surface area contributed by atoms with Gasteiger partial charge in [0, 0.05) is 12.5 Å². The number of benzene rings is 1. The molecule has 0 aliphatic heterocycles. The second-order valence-electron chi connectivity index (χ2n) is 5.16. The van der Waals surface area contributed by atoms with Crippen LogP contribution in [0.3, 0.4) is 0 Å². The van der Waals surface area contributed by atoms with Crippen LogP contribution in [0.5, 0.6) is 5.75 Å². The van der Waals surface area contributed by atoms with E-state index in [1.807, 2.05) is 0 Å². The summed E-state index contributed by atoms with van der Waals surface area (Å²) in [5, 5.41) is 21.0. The van der Waals surface area contributed by atoms with Crippen LogP contribution in [0, 0.1) is 5.92 Å². The average molecular weight is 290 g/mol. The molecule has 0 bridgehead atoms. The van der Waals surface area contributed by atoms with Gasteiger partial charge in [0.05, 0.1) is 5.92 Å². The van der Waals surface area contributed by atoms with Crippen molar-refractivity contribution in [1.29, 1.82) is 0 Å². The van der Waals surface area contributed by atoms with Gasteiger partial charge in [-0.2, -0.15) is 0 Å². The van der Waals surface area contributed by atoms with Gasteiger partial charge < -0.3 is 21.3 Å². The monoisotopic (exact) mass is 290 g/mol. The number of nitrogens with one attached hydrogen (secondary N) is 1. The fourth-order valence-corrected chi connectivity index (χ4v) is 2.27. The van der Waals surface area contributed by atoms with Crippen molar-refractivity contribution in [2.24, 2.45) is 11.7 Å². The van der Waals surface area contributed by atoms with Crippen molar-refractivity contribution in [3.63, 3.8) is 0 Å². The maximum Gasteiger partial charge on any atom is 0.326 e. The molecule has 0 fully saturated rings. The van der Waals surface area contributed by atoms with Crippen LogP contribution in [0.4, 0.5) is 0 Å². The van der Waals surface area contributed by atoms with Gasteiger partial charge in [-0.1, -0.05) is 24.3 Å². The molecule has 6 heteroatoms. The molecule has 0 aromatic heterocycles. The first-order chi connectivity index (χ1) is 9.95. The lowest BCUT2D eigenvalue weighted by molar-refractivity contribution is -0.142. The number of carbonyl (C=O) groups is 2. The van der Waals surface area contributed by atoms with E-state index in [-0.39, 0.29) is 30.0 Å². The van der Waals surface area contributed by atoms with E-state index in [9.17, 15) is 19.8 Å². The number of nitrogens with two attached hydrogens (primary N) is 1. The van der Waals surface area contributed by atoms with E-state index >= 15 is 0 Å². The molecule has 0 spiro atoms. The summed E-state index contributed by atoms with van der Waals surface area (Å²) in [6.45, 7) is 0. The van der Waals surface area contributed by atoms with Gasteiger partial charge in [0.2, 0.25) is 5.91 Å². The first-order valence-corrected chi connectivity index (χ1v) is 6.70. The Kier molecular flexibility index (Phi) is 4.59. The van der Waals surface area contributed by atoms with Gasteiger partial charge in [-0.25, -0.2) is 4.79 Å². The van der Waals surface area contributed by atoms with Crippen molar-refractivity contribution in [2.45, 2.75) is 24.9 Å². The van der Waals surface area contributed by atoms with Crippen LogP contribution in [0.1, 0.15) is 12.0 Å². The van der Waals surface area contributed by atoms with E-state index in [1.165, 1.54) is 12.1 Å². The van der Waals surface area contributed by atoms with Gasteiger partial charge in [-0.3, -0.25) is 4.79 Å². The number of rotatable bonds is 5. The topological polar surface area (TPSA) is 113 Å². The highest BCUT2D eigenvalue weighted by Gasteiger charge is 2.27. The number of aromatic hydroxyl groups is 1. The number of phenolic OH excluding ortho intramolecular Hbond substituents is 1. The molecule has 1 aliphatic rings. The van der Waals surface area contributed by atoms with Crippen LogP contribution in [-0.2, 0) is 16.0 Å². The zero-order valence-corrected chi connectivity index (χ0v) is 11.4. The summed E-state index contributed by atoms with van der Waals surface area (Å²) in [6.07, 6.45) is 4.11. The standard InChI is InChI=1S/C15H18N2O4/c16-11-4-3-10(8-11)14(19)17-13(15(20)21)7-9-1-5-12(18)6-2-9/h1-6,10-11,13,18H,7-8,16H2,(H,17,19)(H,20,21)/t10?,11?,13-/m1/s1. The van der Waals surface area contributed by atoms with Crippen LogP contribution in [0.15, 0.2) is 36.4 Å². The summed E-state index contributed by atoms with van der Waals surface area (Å²) in [4.78, 5) is 23.3. The summed E-state index contributed by atoms with van der Waals surface area (Å²) in [5.74, 6) is -1.69. The van der Waals surface area contributed by atoms with Crippen molar-refractivity contribution in [1.82, 2.24) is 5.32 Å². The van der Waals surface area contributed by atoms with E-state index in [4.69, 9.17) is 5.73 Å². The number of carboxylic acids is 1. The molecule has 0 saturated carbocycles. The molecule has 1 aliphatic carbocycles. The smallest absolute Gasteiger partial charge is 0.326 e. The Morgan fingerprint density at radius 1 is 1.29 bits per heavy atom. The van der Waals surface area contributed by atoms with Gasteiger partial charge >= 0.3 is 5.97 Å². The Morgan fingerprint density at radius 3 is 2.48 bits per heavy atom. The summed E-state index contributed by atoms with van der Waals surface area (Å²) in [6, 6.07) is 5.06. The molecule has 1 amide bonds. The quantitative estimate of drug-likeness (QED) is 0.587. The van der Waals surface area contributed by atoms with E-state index < -0.39 is 12.0 Å². The van der Waals surface area contributed by atoms with Crippen LogP contribution in [0.25, 0.3) is 0 Å². The predicted octanol–water partition coefficient (Wildman–Crippen LogP) is 0.407. The van der Waals surface area contributed by atoms with Crippen LogP contribution in [0.2, 0.25) is 0 Å². The van der Waals surface area contributed by atoms with Crippen molar-refractivity contribution in [2.75, 3.05) is 0 Å². The molecular formula is C15H18N2O4. The number of carboxylic acid groups (broad SMARTS) is 1. The fraction of sp³-hybridized carbons (Fsp3) is 0.333. The third-order valence-electron chi connectivity index (χ3n) is 3.44. The van der Waals surface area contributed by atoms with Gasteiger partial charge in [0.1, 0.15) is 11.8 Å². The van der Waals surface area contributed by atoms with Crippen molar-refractivity contribution in [3.8, 4) is 5.75 Å². The van der Waals surface area contributed by atoms with Gasteiger partial charge in [-0.05, 0) is 24.1 Å². The minimum absolute atomic E-state index is 0.111. The SMILES string of the molecule is NC1C=CC(C(=O)N[C@H](Cc2ccc(O)cc2)C(=O)O)C1. The molecule has 1 aromatic rings. The molecule has 2 unspecified atom stereocenters. The minimum atomic E-state index is -1.09. The summed E-state index contributed by atoms with van der Waals surface area (Å²) in [5.41, 5.74) is 6.41. The molecule has 112 valence electrons. The van der Waals surface area contributed by atoms with E-state index in [2.05, 4.69) is 5.32 Å². The van der Waals surface area contributed by atoms with Gasteiger partial charge in [-0.15, -0.1) is 0 Å². The molecular weight excluding hydrogens is 272 g/mol. The van der Waals surface area contributed by atoms with Crippen LogP contribution in [-0.4, -0.2) is 34.2 Å². The fourth-order valence-electron chi connectivity index (χ4n) is 2.27. The summed E-state index contributed by atoms with van der Waals surface area (Å²) < 4.78 is 0. The molecule has 0 saturated heterocycles. The van der Waals surface area contributed by atoms with E-state index in [0.717, 1.165) is 5.56 Å². The summed E-state index contributed by atoms with van der Waals surface area (Å²) >= 11 is 0. The normalized spacial score (nSPS) is 22.0. The average Bonchev–Trinajstić information content (AvgIpc) is 2.87. The zero-order chi connectivity index (χ0) is 15.4. The highest BCUT2D eigenvalue weighted by atomic mass is 16.4. The Labute approximate surface area is 122 Å². The number of phenols is 1. The first-order valence-electron chi connectivity index (χ1n) is 6.70. The van der Waals surface area contributed by atoms with Gasteiger partial charge in [0.15, 0.2) is 0 Å². The highest BCUT2D eigenvalue weighted by Crippen LogP contribution is 2.17. The highest BCUT2D eigenvalue weighted by molar-refractivity contribution is 5.86. The third-order valence-corrected chi connectivity index (χ3v) is 3.44. The van der Waals surface area contributed by atoms with Crippen molar-refractivity contribution in [3.05, 3.63) is 42.0 Å². The number of amides is 1. The molecule has 3 atom stereocenters. The van der Waals surface area contributed by atoms with Crippen molar-refractivity contribution < 1.29 is 19.8 Å². The Morgan fingerprint density at radius 2 is 1.95 bits per heavy atom.